The molecule has 3 heteroatoms. The highest BCUT2D eigenvalue weighted by Gasteiger charge is 2.15. The topological polar surface area (TPSA) is 23.6 Å². The Bertz CT molecular complexity index is 339. The Morgan fingerprint density at radius 1 is 1.12 bits per heavy atom. The summed E-state index contributed by atoms with van der Waals surface area (Å²) in [5, 5.41) is 0. The summed E-state index contributed by atoms with van der Waals surface area (Å²) in [5.41, 5.74) is 1.82. The van der Waals surface area contributed by atoms with Gasteiger partial charge in [0, 0.05) is 37.4 Å². The molecule has 1 aliphatic heterocycles. The molecule has 1 aromatic rings. The summed E-state index contributed by atoms with van der Waals surface area (Å²) < 4.78 is 0. The van der Waals surface area contributed by atoms with Crippen LogP contribution in [0.25, 0.3) is 0 Å². The second-order valence-corrected chi connectivity index (χ2v) is 4.07. The van der Waals surface area contributed by atoms with Crippen LogP contribution in [0.4, 0.5) is 5.69 Å². The maximum atomic E-state index is 10.4. The third-order valence-electron chi connectivity index (χ3n) is 3.17. The molecule has 0 aliphatic carbocycles. The van der Waals surface area contributed by atoms with Crippen molar-refractivity contribution < 1.29 is 4.79 Å². The van der Waals surface area contributed by atoms with Crippen molar-refractivity contribution in [2.24, 2.45) is 0 Å². The van der Waals surface area contributed by atoms with E-state index in [1.54, 1.807) is 0 Å². The van der Waals surface area contributed by atoms with Gasteiger partial charge in [0.2, 0.25) is 6.29 Å². The fraction of sp³-hybridized carbons (Fsp3) is 0.462. The van der Waals surface area contributed by atoms with Gasteiger partial charge in [-0.2, -0.15) is 0 Å². The minimum Gasteiger partial charge on any atom is -0.369 e. The lowest BCUT2D eigenvalue weighted by atomic mass is 10.2. The number of hydrogen-bond donors (Lipinski definition) is 0. The molecule has 0 aromatic heterocycles. The van der Waals surface area contributed by atoms with Crippen LogP contribution in [0.1, 0.15) is 12.5 Å². The van der Waals surface area contributed by atoms with Gasteiger partial charge >= 0.3 is 0 Å². The maximum absolute atomic E-state index is 10.4. The fourth-order valence-corrected chi connectivity index (χ4v) is 2.06. The van der Waals surface area contributed by atoms with Gasteiger partial charge in [0.1, 0.15) is 0 Å². The number of carbonyl (C=O) groups excluding carboxylic acids is 1. The lowest BCUT2D eigenvalue weighted by molar-refractivity contribution is 0.271. The van der Waals surface area contributed by atoms with Crippen molar-refractivity contribution in [3.8, 4) is 0 Å². The highest BCUT2D eigenvalue weighted by molar-refractivity contribution is 5.76. The van der Waals surface area contributed by atoms with Gasteiger partial charge in [-0.05, 0) is 30.8 Å². The quantitative estimate of drug-likeness (QED) is 0.762. The van der Waals surface area contributed by atoms with Crippen LogP contribution in [0.2, 0.25) is 0 Å². The summed E-state index contributed by atoms with van der Waals surface area (Å²) in [6, 6.07) is 7.66. The Hall–Kier alpha value is -1.35. The molecular weight excluding hydrogens is 200 g/mol. The van der Waals surface area contributed by atoms with E-state index in [1.165, 1.54) is 5.69 Å². The van der Waals surface area contributed by atoms with E-state index >= 15 is 0 Å². The molecule has 0 bridgehead atoms. The summed E-state index contributed by atoms with van der Waals surface area (Å²) in [6.45, 7) is 7.71. The lowest BCUT2D eigenvalue weighted by Gasteiger charge is -2.35. The van der Waals surface area contributed by atoms with E-state index < -0.39 is 0 Å². The Morgan fingerprint density at radius 3 is 2.25 bits per heavy atom. The molecule has 0 spiro atoms. The van der Waals surface area contributed by atoms with Crippen molar-refractivity contribution in [2.75, 3.05) is 37.6 Å². The lowest BCUT2D eigenvalue weighted by Crippen LogP contribution is -2.46. The summed E-state index contributed by atoms with van der Waals surface area (Å²) in [7, 11) is 0. The SMILES string of the molecule is CCN1CCN(c2ccc([C]=O)cc2)CC1. The molecule has 0 N–H and O–H groups in total. The minimum atomic E-state index is 0.621. The van der Waals surface area contributed by atoms with Crippen LogP contribution in [0.15, 0.2) is 24.3 Å². The average Bonchev–Trinajstić information content (AvgIpc) is 2.39. The number of benzene rings is 1. The molecule has 85 valence electrons. The zero-order valence-electron chi connectivity index (χ0n) is 9.65. The van der Waals surface area contributed by atoms with Crippen LogP contribution in [0.5, 0.6) is 0 Å². The molecule has 1 aromatic carbocycles. The molecule has 1 saturated heterocycles. The molecule has 1 aliphatic rings. The first-order chi connectivity index (χ1) is 7.83. The summed E-state index contributed by atoms with van der Waals surface area (Å²) in [6.07, 6.45) is 1.90. The van der Waals surface area contributed by atoms with E-state index in [-0.39, 0.29) is 0 Å². The first-order valence-electron chi connectivity index (χ1n) is 5.79. The number of nitrogens with zero attached hydrogens (tertiary/aromatic N) is 2. The van der Waals surface area contributed by atoms with Gasteiger partial charge in [-0.15, -0.1) is 0 Å². The van der Waals surface area contributed by atoms with Gasteiger partial charge < -0.3 is 9.80 Å². The van der Waals surface area contributed by atoms with E-state index in [0.29, 0.717) is 5.56 Å². The Kier molecular flexibility index (Phi) is 3.57. The third-order valence-corrected chi connectivity index (χ3v) is 3.17. The number of likely N-dealkylation sites (N-methyl/N-ethyl adjacent to an activating group) is 1. The zero-order valence-corrected chi connectivity index (χ0v) is 9.65. The summed E-state index contributed by atoms with van der Waals surface area (Å²) in [5.74, 6) is 0. The van der Waals surface area contributed by atoms with Crippen molar-refractivity contribution in [3.05, 3.63) is 29.8 Å². The number of piperazine rings is 1. The highest BCUT2D eigenvalue weighted by atomic mass is 16.1. The van der Waals surface area contributed by atoms with Crippen LogP contribution in [0.3, 0.4) is 0 Å². The van der Waals surface area contributed by atoms with Crippen LogP contribution >= 0.6 is 0 Å². The largest absolute Gasteiger partial charge is 0.369 e. The molecule has 1 heterocycles. The molecule has 0 unspecified atom stereocenters. The standard InChI is InChI=1S/C13H17N2O/c1-2-14-7-9-15(10-8-14)13-5-3-12(11-16)4-6-13/h3-6H,2,7-10H2,1H3. The first-order valence-corrected chi connectivity index (χ1v) is 5.79. The van der Waals surface area contributed by atoms with Crippen molar-refractivity contribution in [1.29, 1.82) is 0 Å². The Labute approximate surface area is 96.7 Å². The normalized spacial score (nSPS) is 17.4. The molecule has 0 atom stereocenters. The number of anilines is 1. The number of hydrogen-bond acceptors (Lipinski definition) is 3. The number of rotatable bonds is 3. The van der Waals surface area contributed by atoms with Gasteiger partial charge in [0.05, 0.1) is 0 Å². The monoisotopic (exact) mass is 217 g/mol. The minimum absolute atomic E-state index is 0.621. The predicted molar refractivity (Wildman–Crippen MR) is 65.6 cm³/mol. The molecule has 0 saturated carbocycles. The second-order valence-electron chi connectivity index (χ2n) is 4.07. The van der Waals surface area contributed by atoms with Crippen molar-refractivity contribution in [3.63, 3.8) is 0 Å². The van der Waals surface area contributed by atoms with E-state index in [9.17, 15) is 4.79 Å². The van der Waals surface area contributed by atoms with Crippen molar-refractivity contribution in [1.82, 2.24) is 4.90 Å². The smallest absolute Gasteiger partial charge is 0.233 e. The Balaban J connectivity index is 1.99. The van der Waals surface area contributed by atoms with Crippen molar-refractivity contribution in [2.45, 2.75) is 6.92 Å². The van der Waals surface area contributed by atoms with E-state index in [2.05, 4.69) is 16.7 Å². The predicted octanol–water partition coefficient (Wildman–Crippen LogP) is 1.29. The average molecular weight is 217 g/mol. The fourth-order valence-electron chi connectivity index (χ4n) is 2.06. The van der Waals surface area contributed by atoms with Gasteiger partial charge in [-0.25, -0.2) is 0 Å². The van der Waals surface area contributed by atoms with Gasteiger partial charge in [0.15, 0.2) is 0 Å². The zero-order chi connectivity index (χ0) is 11.4. The van der Waals surface area contributed by atoms with E-state index in [0.717, 1.165) is 32.7 Å². The van der Waals surface area contributed by atoms with Crippen LogP contribution < -0.4 is 4.90 Å². The van der Waals surface area contributed by atoms with Gasteiger partial charge in [0.25, 0.3) is 0 Å². The van der Waals surface area contributed by atoms with Crippen LogP contribution in [0, 0.1) is 0 Å². The molecule has 3 nitrogen and oxygen atoms in total. The van der Waals surface area contributed by atoms with E-state index in [4.69, 9.17) is 0 Å². The second kappa shape index (κ2) is 5.12. The highest BCUT2D eigenvalue weighted by Crippen LogP contribution is 2.16. The summed E-state index contributed by atoms with van der Waals surface area (Å²) >= 11 is 0. The third kappa shape index (κ3) is 2.42. The van der Waals surface area contributed by atoms with E-state index in [1.807, 2.05) is 30.6 Å². The molecular formula is C13H17N2O. The van der Waals surface area contributed by atoms with Gasteiger partial charge in [-0.1, -0.05) is 6.92 Å². The maximum Gasteiger partial charge on any atom is 0.233 e. The van der Waals surface area contributed by atoms with Gasteiger partial charge in [-0.3, -0.25) is 4.79 Å². The molecule has 16 heavy (non-hydrogen) atoms. The molecule has 2 rings (SSSR count). The molecule has 0 amide bonds. The Morgan fingerprint density at radius 2 is 1.75 bits per heavy atom. The van der Waals surface area contributed by atoms with Crippen LogP contribution in [-0.2, 0) is 4.79 Å². The molecule has 1 fully saturated rings. The summed E-state index contributed by atoms with van der Waals surface area (Å²) in [4.78, 5) is 15.2. The van der Waals surface area contributed by atoms with Crippen LogP contribution in [-0.4, -0.2) is 43.9 Å². The van der Waals surface area contributed by atoms with Crippen molar-refractivity contribution >= 4 is 12.0 Å². The molecule has 1 radical (unpaired) electrons. The first kappa shape index (κ1) is 11.1.